The van der Waals surface area contributed by atoms with E-state index in [2.05, 4.69) is 27.6 Å². The number of hydrogen-bond acceptors (Lipinski definition) is 4. The first kappa shape index (κ1) is 19.9. The number of benzene rings is 3. The van der Waals surface area contributed by atoms with Gasteiger partial charge in [0.25, 0.3) is 0 Å². The van der Waals surface area contributed by atoms with Crippen LogP contribution in [0.25, 0.3) is 5.69 Å². The fraction of sp³-hybridized carbons (Fsp3) is 0.125. The number of nitrogens with one attached hydrogen (secondary N) is 1. The molecule has 3 aromatic carbocycles. The molecule has 1 heterocycles. The molecule has 0 aliphatic heterocycles. The summed E-state index contributed by atoms with van der Waals surface area (Å²) in [4.78, 5) is 12.4. The van der Waals surface area contributed by atoms with Crippen molar-refractivity contribution in [2.75, 3.05) is 11.1 Å². The third-order valence-electron chi connectivity index (χ3n) is 4.59. The summed E-state index contributed by atoms with van der Waals surface area (Å²) in [6.45, 7) is 2.02. The Labute approximate surface area is 180 Å². The van der Waals surface area contributed by atoms with E-state index in [1.807, 2.05) is 84.3 Å². The molecule has 1 aromatic heterocycles. The third kappa shape index (κ3) is 4.96. The molecule has 1 N–H and O–H groups in total. The van der Waals surface area contributed by atoms with Gasteiger partial charge in [-0.15, -0.1) is 10.2 Å². The Hall–Kier alpha value is -3.38. The van der Waals surface area contributed by atoms with Crippen LogP contribution < -0.4 is 5.32 Å². The van der Waals surface area contributed by atoms with Gasteiger partial charge >= 0.3 is 0 Å². The van der Waals surface area contributed by atoms with Crippen molar-refractivity contribution in [3.8, 4) is 5.69 Å². The van der Waals surface area contributed by atoms with Crippen LogP contribution in [-0.2, 0) is 11.2 Å². The van der Waals surface area contributed by atoms with Crippen molar-refractivity contribution < 1.29 is 4.79 Å². The molecule has 0 saturated heterocycles. The molecule has 30 heavy (non-hydrogen) atoms. The predicted octanol–water partition coefficient (Wildman–Crippen LogP) is 4.90. The van der Waals surface area contributed by atoms with E-state index >= 15 is 0 Å². The molecule has 0 unspecified atom stereocenters. The van der Waals surface area contributed by atoms with Gasteiger partial charge in [-0.3, -0.25) is 9.36 Å². The van der Waals surface area contributed by atoms with Crippen LogP contribution >= 0.6 is 11.8 Å². The first-order valence-corrected chi connectivity index (χ1v) is 10.7. The van der Waals surface area contributed by atoms with Crippen LogP contribution in [0.2, 0.25) is 0 Å². The van der Waals surface area contributed by atoms with Crippen molar-refractivity contribution >= 4 is 23.4 Å². The van der Waals surface area contributed by atoms with Crippen LogP contribution in [0.15, 0.2) is 90.1 Å². The number of nitrogens with zero attached hydrogens (tertiary/aromatic N) is 3. The Bertz CT molecular complexity index is 1110. The molecule has 0 radical (unpaired) electrons. The molecule has 0 atom stereocenters. The molecular formula is C24H22N4OS. The highest BCUT2D eigenvalue weighted by Gasteiger charge is 2.16. The lowest BCUT2D eigenvalue weighted by molar-refractivity contribution is -0.113. The number of rotatable bonds is 7. The summed E-state index contributed by atoms with van der Waals surface area (Å²) in [7, 11) is 0. The van der Waals surface area contributed by atoms with Crippen molar-refractivity contribution in [1.82, 2.24) is 14.8 Å². The van der Waals surface area contributed by atoms with Crippen LogP contribution in [-0.4, -0.2) is 26.4 Å². The molecule has 0 aliphatic carbocycles. The van der Waals surface area contributed by atoms with E-state index in [9.17, 15) is 4.79 Å². The van der Waals surface area contributed by atoms with Gasteiger partial charge in [0, 0.05) is 17.8 Å². The van der Waals surface area contributed by atoms with Crippen molar-refractivity contribution in [3.63, 3.8) is 0 Å². The molecule has 5 nitrogen and oxygen atoms in total. The van der Waals surface area contributed by atoms with Gasteiger partial charge in [0.15, 0.2) is 5.16 Å². The van der Waals surface area contributed by atoms with E-state index in [1.54, 1.807) is 0 Å². The maximum absolute atomic E-state index is 12.4. The van der Waals surface area contributed by atoms with E-state index in [0.717, 1.165) is 28.3 Å². The summed E-state index contributed by atoms with van der Waals surface area (Å²) >= 11 is 1.38. The summed E-state index contributed by atoms with van der Waals surface area (Å²) in [5.74, 6) is 1.02. The number of carbonyl (C=O) groups is 1. The zero-order valence-electron chi connectivity index (χ0n) is 16.7. The number of carbonyl (C=O) groups excluding carboxylic acids is 1. The minimum atomic E-state index is -0.0731. The Morgan fingerprint density at radius 1 is 0.900 bits per heavy atom. The van der Waals surface area contributed by atoms with Gasteiger partial charge in [-0.1, -0.05) is 78.0 Å². The first-order chi connectivity index (χ1) is 14.7. The number of hydrogen-bond donors (Lipinski definition) is 1. The number of para-hydroxylation sites is 1. The zero-order valence-corrected chi connectivity index (χ0v) is 17.5. The highest BCUT2D eigenvalue weighted by atomic mass is 32.2. The van der Waals surface area contributed by atoms with Crippen LogP contribution in [0.5, 0.6) is 0 Å². The quantitative estimate of drug-likeness (QED) is 0.437. The van der Waals surface area contributed by atoms with Gasteiger partial charge in [-0.2, -0.15) is 0 Å². The lowest BCUT2D eigenvalue weighted by atomic mass is 10.1. The lowest BCUT2D eigenvalue weighted by Gasteiger charge is -2.10. The minimum absolute atomic E-state index is 0.0731. The van der Waals surface area contributed by atoms with Crippen LogP contribution in [0.4, 0.5) is 5.69 Å². The second-order valence-corrected chi connectivity index (χ2v) is 7.88. The SMILES string of the molecule is Cc1ccc(NC(=O)CSc2nnc(Cc3ccccc3)n2-c2ccccc2)cc1. The summed E-state index contributed by atoms with van der Waals surface area (Å²) in [6, 6.07) is 27.9. The van der Waals surface area contributed by atoms with Gasteiger partial charge in [0.05, 0.1) is 5.75 Å². The molecule has 0 aliphatic rings. The number of aromatic nitrogens is 3. The second-order valence-electron chi connectivity index (χ2n) is 6.94. The highest BCUT2D eigenvalue weighted by molar-refractivity contribution is 7.99. The number of anilines is 1. The molecule has 0 saturated carbocycles. The van der Waals surface area contributed by atoms with Crippen LogP contribution in [0.3, 0.4) is 0 Å². The van der Waals surface area contributed by atoms with E-state index in [-0.39, 0.29) is 11.7 Å². The third-order valence-corrected chi connectivity index (χ3v) is 5.52. The Balaban J connectivity index is 1.52. The van der Waals surface area contributed by atoms with Crippen molar-refractivity contribution in [2.24, 2.45) is 0 Å². The van der Waals surface area contributed by atoms with Gasteiger partial charge in [0.2, 0.25) is 5.91 Å². The standard InChI is InChI=1S/C24H22N4OS/c1-18-12-14-20(15-13-18)25-23(29)17-30-24-27-26-22(16-19-8-4-2-5-9-19)28(24)21-10-6-3-7-11-21/h2-15H,16-17H2,1H3,(H,25,29). The highest BCUT2D eigenvalue weighted by Crippen LogP contribution is 2.24. The molecule has 0 bridgehead atoms. The maximum atomic E-state index is 12.4. The molecule has 150 valence electrons. The van der Waals surface area contributed by atoms with E-state index < -0.39 is 0 Å². The van der Waals surface area contributed by atoms with Gasteiger partial charge < -0.3 is 5.32 Å². The summed E-state index contributed by atoms with van der Waals surface area (Å²) in [5.41, 5.74) is 4.09. The van der Waals surface area contributed by atoms with Gasteiger partial charge in [0.1, 0.15) is 5.82 Å². The Kier molecular flexibility index (Phi) is 6.25. The molecular weight excluding hydrogens is 392 g/mol. The summed E-state index contributed by atoms with van der Waals surface area (Å²) < 4.78 is 2.02. The van der Waals surface area contributed by atoms with E-state index in [0.29, 0.717) is 11.6 Å². The predicted molar refractivity (Wildman–Crippen MR) is 121 cm³/mol. The summed E-state index contributed by atoms with van der Waals surface area (Å²) in [6.07, 6.45) is 0.666. The normalized spacial score (nSPS) is 10.7. The average molecular weight is 415 g/mol. The monoisotopic (exact) mass is 414 g/mol. The summed E-state index contributed by atoms with van der Waals surface area (Å²) in [5, 5.41) is 12.4. The van der Waals surface area contributed by atoms with Crippen LogP contribution in [0.1, 0.15) is 17.0 Å². The lowest BCUT2D eigenvalue weighted by Crippen LogP contribution is -2.14. The van der Waals surface area contributed by atoms with Crippen molar-refractivity contribution in [2.45, 2.75) is 18.5 Å². The Morgan fingerprint density at radius 2 is 1.57 bits per heavy atom. The van der Waals surface area contributed by atoms with Gasteiger partial charge in [-0.05, 0) is 36.8 Å². The fourth-order valence-electron chi connectivity index (χ4n) is 3.09. The van der Waals surface area contributed by atoms with Crippen molar-refractivity contribution in [3.05, 3.63) is 102 Å². The van der Waals surface area contributed by atoms with E-state index in [1.165, 1.54) is 11.8 Å². The maximum Gasteiger partial charge on any atom is 0.234 e. The smallest absolute Gasteiger partial charge is 0.234 e. The first-order valence-electron chi connectivity index (χ1n) is 9.72. The fourth-order valence-corrected chi connectivity index (χ4v) is 3.86. The average Bonchev–Trinajstić information content (AvgIpc) is 3.17. The molecule has 6 heteroatoms. The topological polar surface area (TPSA) is 59.8 Å². The zero-order chi connectivity index (χ0) is 20.8. The number of aryl methyl sites for hydroxylation is 1. The molecule has 0 spiro atoms. The second kappa shape index (κ2) is 9.41. The minimum Gasteiger partial charge on any atom is -0.325 e. The molecule has 4 aromatic rings. The number of amides is 1. The van der Waals surface area contributed by atoms with Gasteiger partial charge in [-0.25, -0.2) is 0 Å². The largest absolute Gasteiger partial charge is 0.325 e. The van der Waals surface area contributed by atoms with Crippen molar-refractivity contribution in [1.29, 1.82) is 0 Å². The number of thioether (sulfide) groups is 1. The van der Waals surface area contributed by atoms with E-state index in [4.69, 9.17) is 0 Å². The Morgan fingerprint density at radius 3 is 2.27 bits per heavy atom. The molecule has 4 rings (SSSR count). The molecule has 0 fully saturated rings. The molecule has 1 amide bonds. The van der Waals surface area contributed by atoms with Crippen LogP contribution in [0, 0.1) is 6.92 Å².